The van der Waals surface area contributed by atoms with Gasteiger partial charge in [0.05, 0.1) is 18.3 Å². The minimum absolute atomic E-state index is 0.0333. The maximum atomic E-state index is 12.8. The van der Waals surface area contributed by atoms with E-state index in [1.807, 2.05) is 17.9 Å². The molecule has 0 unspecified atom stereocenters. The number of hydrogen-bond acceptors (Lipinski definition) is 4. The van der Waals surface area contributed by atoms with Crippen molar-refractivity contribution in [3.8, 4) is 0 Å². The Kier molecular flexibility index (Phi) is 4.05. The Bertz CT molecular complexity index is 944. The molecule has 2 aliphatic rings. The number of aromatic nitrogens is 3. The van der Waals surface area contributed by atoms with Crippen LogP contribution in [0.4, 0.5) is 0 Å². The third-order valence-electron chi connectivity index (χ3n) is 5.53. The SMILES string of the molecule is Cc1nc2cc([C@@H]3CCCN3C(=O)CN3CCCC3=O)[nH]n2c(=O)c1C. The maximum absolute atomic E-state index is 12.8. The minimum Gasteiger partial charge on any atom is -0.333 e. The number of amides is 2. The van der Waals surface area contributed by atoms with E-state index in [0.717, 1.165) is 25.0 Å². The molecule has 8 nitrogen and oxygen atoms in total. The number of fused-ring (bicyclic) bond motifs is 1. The van der Waals surface area contributed by atoms with Crippen molar-refractivity contribution in [3.05, 3.63) is 33.4 Å². The lowest BCUT2D eigenvalue weighted by Gasteiger charge is -2.26. The number of carbonyl (C=O) groups is 2. The summed E-state index contributed by atoms with van der Waals surface area (Å²) in [5.41, 5.74) is 2.60. The summed E-state index contributed by atoms with van der Waals surface area (Å²) in [6.07, 6.45) is 3.09. The molecule has 1 N–H and O–H groups in total. The largest absolute Gasteiger partial charge is 0.333 e. The number of hydrogen-bond donors (Lipinski definition) is 1. The molecular formula is C18H23N5O3. The second-order valence-corrected chi connectivity index (χ2v) is 7.20. The van der Waals surface area contributed by atoms with Crippen molar-refractivity contribution < 1.29 is 9.59 Å². The summed E-state index contributed by atoms with van der Waals surface area (Å²) in [4.78, 5) is 44.9. The van der Waals surface area contributed by atoms with E-state index in [1.54, 1.807) is 11.8 Å². The van der Waals surface area contributed by atoms with E-state index in [4.69, 9.17) is 0 Å². The molecule has 0 spiro atoms. The van der Waals surface area contributed by atoms with Crippen LogP contribution in [0.5, 0.6) is 0 Å². The molecule has 2 aromatic heterocycles. The van der Waals surface area contributed by atoms with Gasteiger partial charge in [0, 0.05) is 36.8 Å². The molecule has 8 heteroatoms. The lowest BCUT2D eigenvalue weighted by molar-refractivity contribution is -0.139. The molecule has 0 bridgehead atoms. The standard InChI is InChI=1S/C18H23N5O3/c1-11-12(2)19-15-9-13(20-23(15)18(11)26)14-5-3-8-22(14)17(25)10-21-7-4-6-16(21)24/h9,14,20H,3-8,10H2,1-2H3/t14-/m0/s1. The highest BCUT2D eigenvalue weighted by Gasteiger charge is 2.33. The predicted molar refractivity (Wildman–Crippen MR) is 94.8 cm³/mol. The van der Waals surface area contributed by atoms with E-state index in [0.29, 0.717) is 36.4 Å². The smallest absolute Gasteiger partial charge is 0.275 e. The second-order valence-electron chi connectivity index (χ2n) is 7.20. The summed E-state index contributed by atoms with van der Waals surface area (Å²) in [6, 6.07) is 1.74. The number of likely N-dealkylation sites (tertiary alicyclic amines) is 2. The highest BCUT2D eigenvalue weighted by Crippen LogP contribution is 2.31. The van der Waals surface area contributed by atoms with Crippen LogP contribution in [0, 0.1) is 13.8 Å². The third kappa shape index (κ3) is 2.69. The summed E-state index contributed by atoms with van der Waals surface area (Å²) in [6.45, 7) is 5.05. The van der Waals surface area contributed by atoms with Crippen LogP contribution in [0.1, 0.15) is 48.7 Å². The van der Waals surface area contributed by atoms with E-state index in [1.165, 1.54) is 4.52 Å². The maximum Gasteiger partial charge on any atom is 0.275 e. The van der Waals surface area contributed by atoms with Crippen LogP contribution in [0.25, 0.3) is 5.65 Å². The Morgan fingerprint density at radius 2 is 2.08 bits per heavy atom. The fourth-order valence-corrected chi connectivity index (χ4v) is 3.92. The van der Waals surface area contributed by atoms with Gasteiger partial charge in [0.2, 0.25) is 11.8 Å². The van der Waals surface area contributed by atoms with E-state index >= 15 is 0 Å². The van der Waals surface area contributed by atoms with E-state index in [-0.39, 0.29) is 30.0 Å². The molecule has 2 fully saturated rings. The van der Waals surface area contributed by atoms with Crippen molar-refractivity contribution in [1.82, 2.24) is 24.4 Å². The number of carbonyl (C=O) groups excluding carboxylic acids is 2. The first-order valence-electron chi connectivity index (χ1n) is 9.12. The van der Waals surface area contributed by atoms with Gasteiger partial charge in [-0.05, 0) is 33.1 Å². The van der Waals surface area contributed by atoms with Crippen LogP contribution < -0.4 is 5.56 Å². The summed E-state index contributed by atoms with van der Waals surface area (Å²) in [7, 11) is 0. The normalized spacial score (nSPS) is 20.5. The zero-order valence-corrected chi connectivity index (χ0v) is 15.1. The molecule has 2 aliphatic heterocycles. The van der Waals surface area contributed by atoms with E-state index < -0.39 is 0 Å². The van der Waals surface area contributed by atoms with Gasteiger partial charge in [-0.1, -0.05) is 0 Å². The van der Waals surface area contributed by atoms with Gasteiger partial charge in [-0.3, -0.25) is 19.5 Å². The molecule has 4 rings (SSSR count). The summed E-state index contributed by atoms with van der Waals surface area (Å²) < 4.78 is 1.45. The molecule has 0 radical (unpaired) electrons. The summed E-state index contributed by atoms with van der Waals surface area (Å²) >= 11 is 0. The molecule has 0 saturated carbocycles. The molecule has 0 aliphatic carbocycles. The highest BCUT2D eigenvalue weighted by molar-refractivity contribution is 5.86. The van der Waals surface area contributed by atoms with Crippen LogP contribution in [-0.4, -0.2) is 55.8 Å². The monoisotopic (exact) mass is 357 g/mol. The van der Waals surface area contributed by atoms with E-state index in [2.05, 4.69) is 10.1 Å². The van der Waals surface area contributed by atoms with Crippen LogP contribution >= 0.6 is 0 Å². The first kappa shape index (κ1) is 16.8. The van der Waals surface area contributed by atoms with Crippen LogP contribution in [0.2, 0.25) is 0 Å². The number of nitrogens with zero attached hydrogens (tertiary/aromatic N) is 4. The van der Waals surface area contributed by atoms with Crippen molar-refractivity contribution in [2.45, 2.75) is 45.6 Å². The van der Waals surface area contributed by atoms with Crippen molar-refractivity contribution in [3.63, 3.8) is 0 Å². The fraction of sp³-hybridized carbons (Fsp3) is 0.556. The molecule has 26 heavy (non-hydrogen) atoms. The first-order valence-corrected chi connectivity index (χ1v) is 9.12. The van der Waals surface area contributed by atoms with Crippen LogP contribution in [-0.2, 0) is 9.59 Å². The number of H-pyrrole nitrogens is 1. The first-order chi connectivity index (χ1) is 12.5. The highest BCUT2D eigenvalue weighted by atomic mass is 16.2. The van der Waals surface area contributed by atoms with Crippen molar-refractivity contribution in [2.75, 3.05) is 19.6 Å². The molecule has 1 atom stereocenters. The molecule has 4 heterocycles. The molecule has 2 amide bonds. The zero-order chi connectivity index (χ0) is 18.4. The Labute approximate surface area is 150 Å². The molecule has 2 saturated heterocycles. The molecule has 0 aromatic carbocycles. The number of rotatable bonds is 3. The zero-order valence-electron chi connectivity index (χ0n) is 15.1. The minimum atomic E-state index is -0.114. The lowest BCUT2D eigenvalue weighted by atomic mass is 10.1. The Balaban J connectivity index is 1.61. The topological polar surface area (TPSA) is 90.8 Å². The number of aromatic amines is 1. The van der Waals surface area contributed by atoms with Crippen LogP contribution in [0.15, 0.2) is 10.9 Å². The van der Waals surface area contributed by atoms with Gasteiger partial charge in [0.25, 0.3) is 5.56 Å². The van der Waals surface area contributed by atoms with E-state index in [9.17, 15) is 14.4 Å². The average molecular weight is 357 g/mol. The quantitative estimate of drug-likeness (QED) is 0.885. The van der Waals surface area contributed by atoms with Crippen molar-refractivity contribution in [1.29, 1.82) is 0 Å². The third-order valence-corrected chi connectivity index (χ3v) is 5.53. The van der Waals surface area contributed by atoms with Crippen molar-refractivity contribution in [2.24, 2.45) is 0 Å². The molecule has 138 valence electrons. The molecule has 2 aromatic rings. The fourth-order valence-electron chi connectivity index (χ4n) is 3.92. The van der Waals surface area contributed by atoms with Gasteiger partial charge >= 0.3 is 0 Å². The average Bonchev–Trinajstić information content (AvgIpc) is 3.32. The summed E-state index contributed by atoms with van der Waals surface area (Å²) in [5, 5.41) is 3.13. The Morgan fingerprint density at radius 1 is 1.27 bits per heavy atom. The second kappa shape index (κ2) is 6.26. The Hall–Kier alpha value is -2.64. The lowest BCUT2D eigenvalue weighted by Crippen LogP contribution is -2.40. The van der Waals surface area contributed by atoms with Crippen molar-refractivity contribution >= 4 is 17.5 Å². The molecular weight excluding hydrogens is 334 g/mol. The van der Waals surface area contributed by atoms with Gasteiger partial charge in [0.1, 0.15) is 0 Å². The van der Waals surface area contributed by atoms with Gasteiger partial charge in [-0.15, -0.1) is 0 Å². The van der Waals surface area contributed by atoms with Gasteiger partial charge in [-0.2, -0.15) is 0 Å². The van der Waals surface area contributed by atoms with Gasteiger partial charge < -0.3 is 9.80 Å². The Morgan fingerprint density at radius 3 is 2.81 bits per heavy atom. The van der Waals surface area contributed by atoms with Gasteiger partial charge in [-0.25, -0.2) is 9.50 Å². The predicted octanol–water partition coefficient (Wildman–Crippen LogP) is 0.925. The van der Waals surface area contributed by atoms with Gasteiger partial charge in [0.15, 0.2) is 5.65 Å². The summed E-state index contributed by atoms with van der Waals surface area (Å²) in [5.74, 6) is 0.0236. The number of aryl methyl sites for hydroxylation is 1. The van der Waals surface area contributed by atoms with Crippen LogP contribution in [0.3, 0.4) is 0 Å². The number of nitrogens with one attached hydrogen (secondary N) is 1.